The van der Waals surface area contributed by atoms with Crippen LogP contribution in [-0.4, -0.2) is 21.6 Å². The lowest BCUT2D eigenvalue weighted by molar-refractivity contribution is -0.159. The Labute approximate surface area is 146 Å². The van der Waals surface area contributed by atoms with Gasteiger partial charge in [0.05, 0.1) is 5.56 Å². The van der Waals surface area contributed by atoms with Crippen molar-refractivity contribution in [1.82, 2.24) is 15.5 Å². The molecule has 0 atom stereocenters. The lowest BCUT2D eigenvalue weighted by Crippen LogP contribution is -2.47. The van der Waals surface area contributed by atoms with Gasteiger partial charge in [-0.25, -0.2) is 4.39 Å². The SMILES string of the molecule is CC1(NC(=O)c2ccc(-c3noc(C(F)(F)F)n3)cc2F)CCCCC1. The summed E-state index contributed by atoms with van der Waals surface area (Å²) in [5, 5.41) is 6.06. The van der Waals surface area contributed by atoms with Crippen LogP contribution >= 0.6 is 0 Å². The number of amides is 1. The van der Waals surface area contributed by atoms with Crippen molar-refractivity contribution < 1.29 is 26.9 Å². The lowest BCUT2D eigenvalue weighted by Gasteiger charge is -2.34. The van der Waals surface area contributed by atoms with Gasteiger partial charge in [0.25, 0.3) is 5.91 Å². The van der Waals surface area contributed by atoms with E-state index in [-0.39, 0.29) is 16.7 Å². The fraction of sp³-hybridized carbons (Fsp3) is 0.471. The molecule has 9 heteroatoms. The molecule has 1 N–H and O–H groups in total. The molecule has 3 rings (SSSR count). The molecule has 26 heavy (non-hydrogen) atoms. The Morgan fingerprint density at radius 1 is 1.23 bits per heavy atom. The molecule has 0 aliphatic heterocycles. The number of carbonyl (C=O) groups excluding carboxylic acids is 1. The number of hydrogen-bond acceptors (Lipinski definition) is 4. The highest BCUT2D eigenvalue weighted by molar-refractivity contribution is 5.95. The Balaban J connectivity index is 1.79. The molecule has 1 amide bonds. The quantitative estimate of drug-likeness (QED) is 0.815. The van der Waals surface area contributed by atoms with Crippen molar-refractivity contribution >= 4 is 5.91 Å². The first-order valence-electron chi connectivity index (χ1n) is 8.21. The van der Waals surface area contributed by atoms with Gasteiger partial charge in [-0.3, -0.25) is 4.79 Å². The van der Waals surface area contributed by atoms with E-state index in [4.69, 9.17) is 0 Å². The van der Waals surface area contributed by atoms with Crippen molar-refractivity contribution in [3.63, 3.8) is 0 Å². The van der Waals surface area contributed by atoms with E-state index in [2.05, 4.69) is 20.0 Å². The van der Waals surface area contributed by atoms with Crippen LogP contribution in [0.3, 0.4) is 0 Å². The van der Waals surface area contributed by atoms with Gasteiger partial charge in [0.15, 0.2) is 0 Å². The molecule has 0 unspecified atom stereocenters. The molecule has 0 radical (unpaired) electrons. The third kappa shape index (κ3) is 3.86. The van der Waals surface area contributed by atoms with E-state index >= 15 is 0 Å². The summed E-state index contributed by atoms with van der Waals surface area (Å²) in [6.45, 7) is 1.92. The summed E-state index contributed by atoms with van der Waals surface area (Å²) in [4.78, 5) is 15.6. The molecule has 1 fully saturated rings. The highest BCUT2D eigenvalue weighted by Gasteiger charge is 2.38. The van der Waals surface area contributed by atoms with Crippen LogP contribution in [0.25, 0.3) is 11.4 Å². The van der Waals surface area contributed by atoms with Gasteiger partial charge in [0.1, 0.15) is 5.82 Å². The first-order chi connectivity index (χ1) is 12.2. The Kier molecular flexibility index (Phi) is 4.72. The molecule has 0 spiro atoms. The van der Waals surface area contributed by atoms with Crippen LogP contribution < -0.4 is 5.32 Å². The summed E-state index contributed by atoms with van der Waals surface area (Å²) < 4.78 is 56.0. The van der Waals surface area contributed by atoms with Crippen LogP contribution in [0.2, 0.25) is 0 Å². The number of carbonyl (C=O) groups is 1. The first kappa shape index (κ1) is 18.3. The zero-order chi connectivity index (χ0) is 18.9. The van der Waals surface area contributed by atoms with Gasteiger partial charge in [-0.1, -0.05) is 30.5 Å². The largest absolute Gasteiger partial charge is 0.471 e. The lowest BCUT2D eigenvalue weighted by atomic mass is 9.83. The maximum Gasteiger partial charge on any atom is 0.471 e. The molecule has 1 heterocycles. The van der Waals surface area contributed by atoms with Gasteiger partial charge in [0, 0.05) is 11.1 Å². The summed E-state index contributed by atoms with van der Waals surface area (Å²) in [7, 11) is 0. The molecule has 1 aliphatic carbocycles. The number of nitrogens with one attached hydrogen (secondary N) is 1. The molecule has 5 nitrogen and oxygen atoms in total. The van der Waals surface area contributed by atoms with E-state index in [1.165, 1.54) is 12.1 Å². The van der Waals surface area contributed by atoms with Crippen molar-refractivity contribution in [3.8, 4) is 11.4 Å². The zero-order valence-corrected chi connectivity index (χ0v) is 14.0. The van der Waals surface area contributed by atoms with Crippen LogP contribution in [0.5, 0.6) is 0 Å². The molecule has 140 valence electrons. The van der Waals surface area contributed by atoms with E-state index in [0.717, 1.165) is 38.2 Å². The number of rotatable bonds is 3. The van der Waals surface area contributed by atoms with Crippen LogP contribution in [0.1, 0.15) is 55.3 Å². The van der Waals surface area contributed by atoms with Gasteiger partial charge < -0.3 is 9.84 Å². The van der Waals surface area contributed by atoms with Crippen LogP contribution in [-0.2, 0) is 6.18 Å². The second kappa shape index (κ2) is 6.69. The molecule has 1 saturated carbocycles. The molecule has 1 aromatic heterocycles. The molecular weight excluding hydrogens is 354 g/mol. The van der Waals surface area contributed by atoms with E-state index in [1.54, 1.807) is 0 Å². The molecular formula is C17H17F4N3O2. The number of alkyl halides is 3. The molecule has 0 saturated heterocycles. The van der Waals surface area contributed by atoms with Crippen molar-refractivity contribution in [1.29, 1.82) is 0 Å². The van der Waals surface area contributed by atoms with Crippen LogP contribution in [0.4, 0.5) is 17.6 Å². The van der Waals surface area contributed by atoms with Gasteiger partial charge in [-0.05, 0) is 31.9 Å². The van der Waals surface area contributed by atoms with E-state index in [0.29, 0.717) is 0 Å². The number of nitrogens with zero attached hydrogens (tertiary/aromatic N) is 2. The minimum Gasteiger partial charge on any atom is -0.347 e. The third-order valence-electron chi connectivity index (χ3n) is 4.51. The van der Waals surface area contributed by atoms with Gasteiger partial charge in [-0.15, -0.1) is 0 Å². The highest BCUT2D eigenvalue weighted by atomic mass is 19.4. The standard InChI is InChI=1S/C17H17F4N3O2/c1-16(7-3-2-4-8-16)23-14(25)11-6-5-10(9-12(11)18)13-22-15(26-24-13)17(19,20)21/h5-6,9H,2-4,7-8H2,1H3,(H,23,25). The summed E-state index contributed by atoms with van der Waals surface area (Å²) in [5.74, 6) is -3.33. The fourth-order valence-corrected chi connectivity index (χ4v) is 3.09. The van der Waals surface area contributed by atoms with Gasteiger partial charge in [-0.2, -0.15) is 18.2 Å². The Bertz CT molecular complexity index is 811. The molecule has 1 aromatic carbocycles. The van der Waals surface area contributed by atoms with Gasteiger partial charge >= 0.3 is 12.1 Å². The zero-order valence-electron chi connectivity index (χ0n) is 14.0. The van der Waals surface area contributed by atoms with E-state index in [1.807, 2.05) is 6.92 Å². The Morgan fingerprint density at radius 3 is 2.50 bits per heavy atom. The Morgan fingerprint density at radius 2 is 1.92 bits per heavy atom. The predicted molar refractivity (Wildman–Crippen MR) is 83.7 cm³/mol. The monoisotopic (exact) mass is 371 g/mol. The molecule has 1 aliphatic rings. The second-order valence-corrected chi connectivity index (χ2v) is 6.69. The van der Waals surface area contributed by atoms with E-state index < -0.39 is 29.6 Å². The minimum absolute atomic E-state index is 0.0119. The first-order valence-corrected chi connectivity index (χ1v) is 8.21. The molecule has 0 bridgehead atoms. The Hall–Kier alpha value is -2.45. The highest BCUT2D eigenvalue weighted by Crippen LogP contribution is 2.30. The number of hydrogen-bond donors (Lipinski definition) is 1. The fourth-order valence-electron chi connectivity index (χ4n) is 3.09. The van der Waals surface area contributed by atoms with Crippen molar-refractivity contribution in [2.24, 2.45) is 0 Å². The third-order valence-corrected chi connectivity index (χ3v) is 4.51. The maximum absolute atomic E-state index is 14.3. The van der Waals surface area contributed by atoms with E-state index in [9.17, 15) is 22.4 Å². The topological polar surface area (TPSA) is 68.0 Å². The summed E-state index contributed by atoms with van der Waals surface area (Å²) in [6.07, 6.45) is -0.0314. The van der Waals surface area contributed by atoms with Crippen LogP contribution in [0, 0.1) is 5.82 Å². The number of benzene rings is 1. The normalized spacial score (nSPS) is 17.1. The molecule has 2 aromatic rings. The number of aromatic nitrogens is 2. The average molecular weight is 371 g/mol. The van der Waals surface area contributed by atoms with Crippen molar-refractivity contribution in [3.05, 3.63) is 35.5 Å². The smallest absolute Gasteiger partial charge is 0.347 e. The average Bonchev–Trinajstić information content (AvgIpc) is 3.05. The second-order valence-electron chi connectivity index (χ2n) is 6.69. The maximum atomic E-state index is 14.3. The number of halogens is 4. The van der Waals surface area contributed by atoms with Crippen LogP contribution in [0.15, 0.2) is 22.7 Å². The van der Waals surface area contributed by atoms with Crippen molar-refractivity contribution in [2.45, 2.75) is 50.7 Å². The summed E-state index contributed by atoms with van der Waals surface area (Å²) in [5.41, 5.74) is -0.572. The minimum atomic E-state index is -4.78. The van der Waals surface area contributed by atoms with Crippen molar-refractivity contribution in [2.75, 3.05) is 0 Å². The summed E-state index contributed by atoms with van der Waals surface area (Å²) >= 11 is 0. The predicted octanol–water partition coefficient (Wildman–Crippen LogP) is 4.35. The van der Waals surface area contributed by atoms with Gasteiger partial charge in [0.2, 0.25) is 5.82 Å². The summed E-state index contributed by atoms with van der Waals surface area (Å²) in [6, 6.07) is 3.41.